The molecule has 0 heterocycles. The Morgan fingerprint density at radius 2 is 1.86 bits per heavy atom. The van der Waals surface area contributed by atoms with Gasteiger partial charge in [0.25, 0.3) is 0 Å². The van der Waals surface area contributed by atoms with Crippen molar-refractivity contribution in [3.8, 4) is 0 Å². The second kappa shape index (κ2) is 7.78. The van der Waals surface area contributed by atoms with Crippen LogP contribution in [0.25, 0.3) is 0 Å². The van der Waals surface area contributed by atoms with Crippen molar-refractivity contribution in [3.05, 3.63) is 70.2 Å². The Kier molecular flexibility index (Phi) is 5.75. The summed E-state index contributed by atoms with van der Waals surface area (Å²) in [5.74, 6) is 4.89. The third-order valence-corrected chi connectivity index (χ3v) is 3.28. The van der Waals surface area contributed by atoms with Gasteiger partial charge in [0.05, 0.1) is 19.6 Å². The second-order valence-electron chi connectivity index (χ2n) is 4.64. The van der Waals surface area contributed by atoms with Crippen LogP contribution in [0.3, 0.4) is 0 Å². The summed E-state index contributed by atoms with van der Waals surface area (Å²) >= 11 is 5.93. The van der Waals surface area contributed by atoms with Gasteiger partial charge in [-0.3, -0.25) is 10.2 Å². The maximum atomic E-state index is 11.4. The van der Waals surface area contributed by atoms with Crippen molar-refractivity contribution in [2.24, 2.45) is 5.84 Å². The number of halogens is 1. The number of rotatable bonds is 6. The van der Waals surface area contributed by atoms with Crippen LogP contribution in [0.5, 0.6) is 0 Å². The summed E-state index contributed by atoms with van der Waals surface area (Å²) in [7, 11) is 0. The van der Waals surface area contributed by atoms with Gasteiger partial charge in [0.1, 0.15) is 0 Å². The van der Waals surface area contributed by atoms with Crippen molar-refractivity contribution < 1.29 is 9.53 Å². The minimum atomic E-state index is -0.225. The van der Waals surface area contributed by atoms with E-state index >= 15 is 0 Å². The minimum Gasteiger partial charge on any atom is -0.372 e. The van der Waals surface area contributed by atoms with E-state index in [2.05, 4.69) is 5.43 Å². The zero-order valence-corrected chi connectivity index (χ0v) is 12.3. The molecule has 3 N–H and O–H groups in total. The molecule has 0 radical (unpaired) electrons. The van der Waals surface area contributed by atoms with E-state index < -0.39 is 0 Å². The first-order valence-electron chi connectivity index (χ1n) is 6.57. The number of carbonyl (C=O) groups excluding carboxylic acids is 1. The monoisotopic (exact) mass is 304 g/mol. The van der Waals surface area contributed by atoms with Crippen molar-refractivity contribution in [1.29, 1.82) is 0 Å². The molecular formula is C16H17ClN2O2. The SMILES string of the molecule is NNC(=O)Cc1ccccc1COCc1cccc(Cl)c1. The fourth-order valence-electron chi connectivity index (χ4n) is 2.00. The first-order valence-corrected chi connectivity index (χ1v) is 6.95. The lowest BCUT2D eigenvalue weighted by Crippen LogP contribution is -2.31. The van der Waals surface area contributed by atoms with E-state index in [1.807, 2.05) is 48.5 Å². The normalized spacial score (nSPS) is 10.4. The molecule has 0 fully saturated rings. The fraction of sp³-hybridized carbons (Fsp3) is 0.188. The smallest absolute Gasteiger partial charge is 0.238 e. The molecule has 2 aromatic carbocycles. The first-order chi connectivity index (χ1) is 10.2. The lowest BCUT2D eigenvalue weighted by Gasteiger charge is -2.10. The summed E-state index contributed by atoms with van der Waals surface area (Å²) in [6.45, 7) is 0.901. The van der Waals surface area contributed by atoms with Gasteiger partial charge in [0.2, 0.25) is 5.91 Å². The van der Waals surface area contributed by atoms with Crippen molar-refractivity contribution in [2.75, 3.05) is 0 Å². The van der Waals surface area contributed by atoms with Crippen LogP contribution in [-0.4, -0.2) is 5.91 Å². The van der Waals surface area contributed by atoms with Gasteiger partial charge in [-0.2, -0.15) is 0 Å². The first kappa shape index (κ1) is 15.5. The number of hydrogen-bond acceptors (Lipinski definition) is 3. The molecular weight excluding hydrogens is 288 g/mol. The van der Waals surface area contributed by atoms with E-state index in [0.717, 1.165) is 16.7 Å². The summed E-state index contributed by atoms with van der Waals surface area (Å²) in [6, 6.07) is 15.2. The molecule has 0 bridgehead atoms. The van der Waals surface area contributed by atoms with E-state index in [1.54, 1.807) is 0 Å². The lowest BCUT2D eigenvalue weighted by molar-refractivity contribution is -0.120. The highest BCUT2D eigenvalue weighted by atomic mass is 35.5. The number of benzene rings is 2. The molecule has 0 unspecified atom stereocenters. The molecule has 110 valence electrons. The fourth-order valence-corrected chi connectivity index (χ4v) is 2.21. The summed E-state index contributed by atoms with van der Waals surface area (Å²) in [6.07, 6.45) is 0.243. The van der Waals surface area contributed by atoms with Crippen LogP contribution >= 0.6 is 11.6 Å². The molecule has 5 heteroatoms. The Balaban J connectivity index is 1.95. The predicted octanol–water partition coefficient (Wildman–Crippen LogP) is 2.59. The van der Waals surface area contributed by atoms with E-state index in [9.17, 15) is 4.79 Å². The molecule has 0 saturated heterocycles. The number of nitrogens with one attached hydrogen (secondary N) is 1. The van der Waals surface area contributed by atoms with Crippen LogP contribution in [0.2, 0.25) is 5.02 Å². The van der Waals surface area contributed by atoms with Gasteiger partial charge in [-0.15, -0.1) is 0 Å². The maximum absolute atomic E-state index is 11.4. The predicted molar refractivity (Wildman–Crippen MR) is 82.4 cm³/mol. The van der Waals surface area contributed by atoms with Gasteiger partial charge in [0, 0.05) is 5.02 Å². The number of ether oxygens (including phenoxy) is 1. The topological polar surface area (TPSA) is 64.3 Å². The molecule has 2 rings (SSSR count). The summed E-state index contributed by atoms with van der Waals surface area (Å²) in [5.41, 5.74) is 5.03. The number of hydrogen-bond donors (Lipinski definition) is 2. The lowest BCUT2D eigenvalue weighted by atomic mass is 10.1. The highest BCUT2D eigenvalue weighted by Gasteiger charge is 2.06. The molecule has 0 aliphatic rings. The number of carbonyl (C=O) groups is 1. The largest absolute Gasteiger partial charge is 0.372 e. The van der Waals surface area contributed by atoms with Gasteiger partial charge >= 0.3 is 0 Å². The van der Waals surface area contributed by atoms with Crippen LogP contribution in [0.4, 0.5) is 0 Å². The average Bonchev–Trinajstić information content (AvgIpc) is 2.49. The molecule has 4 nitrogen and oxygen atoms in total. The molecule has 0 aliphatic heterocycles. The van der Waals surface area contributed by atoms with Crippen LogP contribution in [0, 0.1) is 0 Å². The van der Waals surface area contributed by atoms with Crippen molar-refractivity contribution in [3.63, 3.8) is 0 Å². The van der Waals surface area contributed by atoms with Crippen LogP contribution in [0.1, 0.15) is 16.7 Å². The standard InChI is InChI=1S/C16H17ClN2O2/c17-15-7-3-4-12(8-15)10-21-11-14-6-2-1-5-13(14)9-16(20)19-18/h1-8H,9-11,18H2,(H,19,20). The highest BCUT2D eigenvalue weighted by molar-refractivity contribution is 6.30. The van der Waals surface area contributed by atoms with E-state index in [0.29, 0.717) is 18.2 Å². The molecule has 21 heavy (non-hydrogen) atoms. The minimum absolute atomic E-state index is 0.225. The number of nitrogens with two attached hydrogens (primary N) is 1. The Morgan fingerprint density at radius 1 is 1.10 bits per heavy atom. The average molecular weight is 305 g/mol. The van der Waals surface area contributed by atoms with Crippen molar-refractivity contribution in [2.45, 2.75) is 19.6 Å². The molecule has 0 spiro atoms. The quantitative estimate of drug-likeness (QED) is 0.490. The van der Waals surface area contributed by atoms with E-state index in [4.69, 9.17) is 22.2 Å². The van der Waals surface area contributed by atoms with Gasteiger partial charge in [-0.1, -0.05) is 48.0 Å². The Hall–Kier alpha value is -1.88. The molecule has 0 aliphatic carbocycles. The Morgan fingerprint density at radius 3 is 2.57 bits per heavy atom. The zero-order chi connectivity index (χ0) is 15.1. The zero-order valence-electron chi connectivity index (χ0n) is 11.5. The van der Waals surface area contributed by atoms with Gasteiger partial charge in [-0.25, -0.2) is 5.84 Å². The van der Waals surface area contributed by atoms with Gasteiger partial charge in [0.15, 0.2) is 0 Å². The van der Waals surface area contributed by atoms with Crippen LogP contribution in [0.15, 0.2) is 48.5 Å². The Bertz CT molecular complexity index is 617. The summed E-state index contributed by atoms with van der Waals surface area (Å²) in [4.78, 5) is 11.4. The Labute approximate surface area is 128 Å². The van der Waals surface area contributed by atoms with Crippen LogP contribution < -0.4 is 11.3 Å². The molecule has 0 atom stereocenters. The third-order valence-electron chi connectivity index (χ3n) is 3.05. The van der Waals surface area contributed by atoms with Gasteiger partial charge in [-0.05, 0) is 28.8 Å². The maximum Gasteiger partial charge on any atom is 0.238 e. The van der Waals surface area contributed by atoms with E-state index in [-0.39, 0.29) is 12.3 Å². The highest BCUT2D eigenvalue weighted by Crippen LogP contribution is 2.14. The number of amides is 1. The third kappa shape index (κ3) is 4.86. The molecule has 0 aromatic heterocycles. The van der Waals surface area contributed by atoms with E-state index in [1.165, 1.54) is 0 Å². The van der Waals surface area contributed by atoms with Gasteiger partial charge < -0.3 is 4.74 Å². The summed E-state index contributed by atoms with van der Waals surface area (Å²) < 4.78 is 5.70. The van der Waals surface area contributed by atoms with Crippen LogP contribution in [-0.2, 0) is 29.2 Å². The second-order valence-corrected chi connectivity index (χ2v) is 5.07. The van der Waals surface area contributed by atoms with Crippen molar-refractivity contribution >= 4 is 17.5 Å². The van der Waals surface area contributed by atoms with Crippen molar-refractivity contribution in [1.82, 2.24) is 5.43 Å². The number of hydrazine groups is 1. The summed E-state index contributed by atoms with van der Waals surface area (Å²) in [5, 5.41) is 0.691. The molecule has 0 saturated carbocycles. The molecule has 1 amide bonds. The molecule has 2 aromatic rings.